The summed E-state index contributed by atoms with van der Waals surface area (Å²) < 4.78 is 5.78. The van der Waals surface area contributed by atoms with E-state index in [2.05, 4.69) is 32.8 Å². The standard InChI is InChI=1S/C18H25N5OS/c1-15-5-2-3-6-16(15)24-13-4-7-20-17(19)22-9-11-23(12-10-22)18-21-8-14-25-18/h2-3,5-6,8,14H,4,7,9-13H2,1H3,(H2,19,20). The van der Waals surface area contributed by atoms with Crippen LogP contribution in [0.1, 0.15) is 12.0 Å². The smallest absolute Gasteiger partial charge is 0.191 e. The molecule has 2 aromatic rings. The number of aliphatic imine (C=N–C) groups is 1. The second-order valence-corrected chi connectivity index (χ2v) is 6.87. The Morgan fingerprint density at radius 3 is 2.80 bits per heavy atom. The number of ether oxygens (including phenoxy) is 1. The van der Waals surface area contributed by atoms with Crippen LogP contribution in [0.5, 0.6) is 5.75 Å². The maximum atomic E-state index is 6.13. The first-order valence-corrected chi connectivity index (χ1v) is 9.50. The minimum absolute atomic E-state index is 0.634. The monoisotopic (exact) mass is 359 g/mol. The van der Waals surface area contributed by atoms with Gasteiger partial charge in [-0.25, -0.2) is 4.98 Å². The molecule has 134 valence electrons. The fraction of sp³-hybridized carbons (Fsp3) is 0.444. The third-order valence-electron chi connectivity index (χ3n) is 4.22. The van der Waals surface area contributed by atoms with Crippen molar-refractivity contribution in [3.63, 3.8) is 0 Å². The van der Waals surface area contributed by atoms with Gasteiger partial charge in [-0.3, -0.25) is 4.99 Å². The number of rotatable bonds is 6. The van der Waals surface area contributed by atoms with Gasteiger partial charge in [-0.2, -0.15) is 0 Å². The highest BCUT2D eigenvalue weighted by atomic mass is 32.1. The van der Waals surface area contributed by atoms with Crippen LogP contribution in [0.4, 0.5) is 5.13 Å². The molecule has 0 spiro atoms. The number of para-hydroxylation sites is 1. The Morgan fingerprint density at radius 2 is 2.08 bits per heavy atom. The first-order chi connectivity index (χ1) is 12.2. The minimum Gasteiger partial charge on any atom is -0.493 e. The van der Waals surface area contributed by atoms with Crippen molar-refractivity contribution in [2.75, 3.05) is 44.2 Å². The summed E-state index contributed by atoms with van der Waals surface area (Å²) in [4.78, 5) is 13.3. The summed E-state index contributed by atoms with van der Waals surface area (Å²) in [6, 6.07) is 8.05. The lowest BCUT2D eigenvalue weighted by Gasteiger charge is -2.35. The van der Waals surface area contributed by atoms with Crippen LogP contribution in [0.2, 0.25) is 0 Å². The van der Waals surface area contributed by atoms with Gasteiger partial charge in [0.25, 0.3) is 0 Å². The van der Waals surface area contributed by atoms with Crippen molar-refractivity contribution in [1.82, 2.24) is 9.88 Å². The average molecular weight is 359 g/mol. The van der Waals surface area contributed by atoms with Crippen molar-refractivity contribution >= 4 is 22.4 Å². The lowest BCUT2D eigenvalue weighted by Crippen LogP contribution is -2.51. The van der Waals surface area contributed by atoms with Crippen molar-refractivity contribution in [2.24, 2.45) is 10.7 Å². The molecule has 0 aliphatic carbocycles. The predicted octanol–water partition coefficient (Wildman–Crippen LogP) is 2.36. The van der Waals surface area contributed by atoms with Crippen LogP contribution in [0.15, 0.2) is 40.8 Å². The molecule has 2 N–H and O–H groups in total. The van der Waals surface area contributed by atoms with Crippen LogP contribution < -0.4 is 15.4 Å². The van der Waals surface area contributed by atoms with Crippen LogP contribution in [-0.2, 0) is 0 Å². The normalized spacial score (nSPS) is 15.5. The Bertz CT molecular complexity index is 681. The highest BCUT2D eigenvalue weighted by Gasteiger charge is 2.19. The topological polar surface area (TPSA) is 67.0 Å². The molecule has 0 bridgehead atoms. The van der Waals surface area contributed by atoms with Crippen LogP contribution in [0, 0.1) is 6.92 Å². The number of hydrogen-bond donors (Lipinski definition) is 1. The summed E-state index contributed by atoms with van der Waals surface area (Å²) >= 11 is 1.68. The van der Waals surface area contributed by atoms with E-state index in [4.69, 9.17) is 10.5 Å². The van der Waals surface area contributed by atoms with Gasteiger partial charge in [-0.15, -0.1) is 11.3 Å². The quantitative estimate of drug-likeness (QED) is 0.487. The Morgan fingerprint density at radius 1 is 1.28 bits per heavy atom. The Hall–Kier alpha value is -2.28. The van der Waals surface area contributed by atoms with Crippen LogP contribution in [-0.4, -0.2) is 55.2 Å². The van der Waals surface area contributed by atoms with E-state index in [1.54, 1.807) is 11.3 Å². The van der Waals surface area contributed by atoms with Gasteiger partial charge in [-0.1, -0.05) is 18.2 Å². The van der Waals surface area contributed by atoms with Crippen LogP contribution >= 0.6 is 11.3 Å². The van der Waals surface area contributed by atoms with E-state index in [0.717, 1.165) is 49.0 Å². The summed E-state index contributed by atoms with van der Waals surface area (Å²) in [6.07, 6.45) is 2.70. The Kier molecular flexibility index (Phi) is 6.11. The summed E-state index contributed by atoms with van der Waals surface area (Å²) in [5.41, 5.74) is 7.29. The van der Waals surface area contributed by atoms with E-state index in [0.29, 0.717) is 19.1 Å². The van der Waals surface area contributed by atoms with E-state index in [1.807, 2.05) is 29.8 Å². The van der Waals surface area contributed by atoms with Gasteiger partial charge in [0.15, 0.2) is 11.1 Å². The summed E-state index contributed by atoms with van der Waals surface area (Å²) in [6.45, 7) is 7.02. The zero-order chi connectivity index (χ0) is 17.5. The first kappa shape index (κ1) is 17.5. The number of aromatic nitrogens is 1. The number of anilines is 1. The van der Waals surface area contributed by atoms with Gasteiger partial charge in [0.05, 0.1) is 6.61 Å². The molecule has 1 aliphatic rings. The van der Waals surface area contributed by atoms with Gasteiger partial charge in [0.2, 0.25) is 0 Å². The van der Waals surface area contributed by atoms with Crippen molar-refractivity contribution in [1.29, 1.82) is 0 Å². The molecule has 1 saturated heterocycles. The van der Waals surface area contributed by atoms with E-state index in [1.165, 1.54) is 0 Å². The molecule has 2 heterocycles. The lowest BCUT2D eigenvalue weighted by atomic mass is 10.2. The zero-order valence-corrected chi connectivity index (χ0v) is 15.4. The molecule has 1 fully saturated rings. The third-order valence-corrected chi connectivity index (χ3v) is 5.05. The number of guanidine groups is 1. The maximum Gasteiger partial charge on any atom is 0.191 e. The Balaban J connectivity index is 1.37. The summed E-state index contributed by atoms with van der Waals surface area (Å²) in [5, 5.41) is 3.10. The fourth-order valence-electron chi connectivity index (χ4n) is 2.76. The van der Waals surface area contributed by atoms with E-state index in [9.17, 15) is 0 Å². The number of nitrogens with zero attached hydrogens (tertiary/aromatic N) is 4. The maximum absolute atomic E-state index is 6.13. The highest BCUT2D eigenvalue weighted by molar-refractivity contribution is 7.13. The number of nitrogens with two attached hydrogens (primary N) is 1. The number of aryl methyl sites for hydroxylation is 1. The minimum atomic E-state index is 0.634. The third kappa shape index (κ3) is 4.85. The molecule has 0 saturated carbocycles. The van der Waals surface area contributed by atoms with Crippen molar-refractivity contribution in [2.45, 2.75) is 13.3 Å². The summed E-state index contributed by atoms with van der Waals surface area (Å²) in [5.74, 6) is 1.58. The second kappa shape index (κ2) is 8.71. The Labute approximate surface area is 152 Å². The largest absolute Gasteiger partial charge is 0.493 e. The van der Waals surface area contributed by atoms with Gasteiger partial charge >= 0.3 is 0 Å². The van der Waals surface area contributed by atoms with Crippen molar-refractivity contribution in [3.05, 3.63) is 41.4 Å². The molecule has 3 rings (SSSR count). The van der Waals surface area contributed by atoms with E-state index in [-0.39, 0.29) is 0 Å². The van der Waals surface area contributed by atoms with Crippen LogP contribution in [0.25, 0.3) is 0 Å². The molecule has 1 aromatic heterocycles. The number of hydrogen-bond acceptors (Lipinski definition) is 5. The predicted molar refractivity (Wildman–Crippen MR) is 104 cm³/mol. The number of benzene rings is 1. The second-order valence-electron chi connectivity index (χ2n) is 6.00. The molecule has 0 atom stereocenters. The van der Waals surface area contributed by atoms with Gasteiger partial charge < -0.3 is 20.3 Å². The number of piperazine rings is 1. The van der Waals surface area contributed by atoms with E-state index >= 15 is 0 Å². The fourth-order valence-corrected chi connectivity index (χ4v) is 3.45. The van der Waals surface area contributed by atoms with Crippen molar-refractivity contribution in [3.8, 4) is 5.75 Å². The van der Waals surface area contributed by atoms with E-state index < -0.39 is 0 Å². The molecular weight excluding hydrogens is 334 g/mol. The lowest BCUT2D eigenvalue weighted by molar-refractivity contribution is 0.311. The molecule has 0 amide bonds. The van der Waals surface area contributed by atoms with Gasteiger partial charge in [0, 0.05) is 50.7 Å². The molecular formula is C18H25N5OS. The molecule has 1 aromatic carbocycles. The van der Waals surface area contributed by atoms with Gasteiger partial charge in [-0.05, 0) is 18.6 Å². The summed E-state index contributed by atoms with van der Waals surface area (Å²) in [7, 11) is 0. The number of thiazole rings is 1. The molecule has 1 aliphatic heterocycles. The molecule has 6 nitrogen and oxygen atoms in total. The molecule has 0 unspecified atom stereocenters. The first-order valence-electron chi connectivity index (χ1n) is 8.62. The molecule has 7 heteroatoms. The van der Waals surface area contributed by atoms with Gasteiger partial charge in [0.1, 0.15) is 5.75 Å². The SMILES string of the molecule is Cc1ccccc1OCCCN=C(N)N1CCN(c2nccs2)CC1. The zero-order valence-electron chi connectivity index (χ0n) is 14.6. The molecule has 25 heavy (non-hydrogen) atoms. The highest BCUT2D eigenvalue weighted by Crippen LogP contribution is 2.19. The molecule has 0 radical (unpaired) electrons. The van der Waals surface area contributed by atoms with Crippen molar-refractivity contribution < 1.29 is 4.74 Å². The van der Waals surface area contributed by atoms with Crippen LogP contribution in [0.3, 0.4) is 0 Å². The average Bonchev–Trinajstić information content (AvgIpc) is 3.17.